The summed E-state index contributed by atoms with van der Waals surface area (Å²) in [5.74, 6) is 3.01. The van der Waals surface area contributed by atoms with Gasteiger partial charge in [0.05, 0.1) is 0 Å². The average molecular weight is 233 g/mol. The zero-order valence-corrected chi connectivity index (χ0v) is 10.1. The first-order valence-electron chi connectivity index (χ1n) is 5.66. The van der Waals surface area contributed by atoms with E-state index in [1.165, 1.54) is 11.1 Å². The highest BCUT2D eigenvalue weighted by molar-refractivity contribution is 7.99. The molecule has 1 aromatic heterocycles. The Kier molecular flexibility index (Phi) is 2.65. The van der Waals surface area contributed by atoms with E-state index in [1.807, 2.05) is 30.0 Å². The van der Waals surface area contributed by atoms with Crippen LogP contribution in [0.25, 0.3) is 11.0 Å². The topological polar surface area (TPSA) is 25.2 Å². The Bertz CT molecular complexity index is 452. The second-order valence-electron chi connectivity index (χ2n) is 4.41. The van der Waals surface area contributed by atoms with Crippen molar-refractivity contribution >= 4 is 22.7 Å². The maximum Gasteiger partial charge on any atom is 0.134 e. The summed E-state index contributed by atoms with van der Waals surface area (Å²) in [6.45, 7) is 3.35. The lowest BCUT2D eigenvalue weighted by Crippen LogP contribution is -2.30. The molecule has 0 amide bonds. The molecule has 84 valence electrons. The molecule has 0 bridgehead atoms. The monoisotopic (exact) mass is 233 g/mol. The van der Waals surface area contributed by atoms with Gasteiger partial charge in [0.1, 0.15) is 16.7 Å². The molecule has 2 heterocycles. The lowest BCUT2D eigenvalue weighted by Gasteiger charge is -2.25. The van der Waals surface area contributed by atoms with Gasteiger partial charge in [0, 0.05) is 5.39 Å². The number of hydrogen-bond acceptors (Lipinski definition) is 3. The molecule has 2 nitrogen and oxygen atoms in total. The van der Waals surface area contributed by atoms with Crippen molar-refractivity contribution in [2.24, 2.45) is 5.92 Å². The number of rotatable bonds is 1. The van der Waals surface area contributed by atoms with E-state index in [0.29, 0.717) is 5.37 Å². The van der Waals surface area contributed by atoms with Crippen molar-refractivity contribution in [2.75, 3.05) is 12.3 Å². The molecule has 2 atom stereocenters. The number of furan rings is 1. The normalized spacial score (nSPS) is 26.1. The fourth-order valence-electron chi connectivity index (χ4n) is 2.00. The van der Waals surface area contributed by atoms with Crippen molar-refractivity contribution < 1.29 is 4.42 Å². The van der Waals surface area contributed by atoms with Crippen molar-refractivity contribution in [1.29, 1.82) is 0 Å². The Morgan fingerprint density at radius 2 is 2.25 bits per heavy atom. The standard InChI is InChI=1S/C13H15NOS/c1-9-7-14-13(16-8-9)12-6-10-4-2-3-5-11(10)15-12/h2-6,9,13-14H,7-8H2,1H3. The van der Waals surface area contributed by atoms with Crippen molar-refractivity contribution in [3.63, 3.8) is 0 Å². The van der Waals surface area contributed by atoms with E-state index < -0.39 is 0 Å². The fraction of sp³-hybridized carbons (Fsp3) is 0.385. The second kappa shape index (κ2) is 4.15. The Hall–Kier alpha value is -0.930. The third-order valence-electron chi connectivity index (χ3n) is 2.90. The smallest absolute Gasteiger partial charge is 0.134 e. The minimum absolute atomic E-state index is 0.323. The van der Waals surface area contributed by atoms with Crippen molar-refractivity contribution in [2.45, 2.75) is 12.3 Å². The van der Waals surface area contributed by atoms with Gasteiger partial charge in [0.15, 0.2) is 0 Å². The summed E-state index contributed by atoms with van der Waals surface area (Å²) < 4.78 is 5.86. The highest BCUT2D eigenvalue weighted by Gasteiger charge is 2.22. The number of benzene rings is 1. The van der Waals surface area contributed by atoms with Crippen LogP contribution in [0.2, 0.25) is 0 Å². The van der Waals surface area contributed by atoms with Crippen LogP contribution in [0.3, 0.4) is 0 Å². The van der Waals surface area contributed by atoms with Crippen LogP contribution < -0.4 is 5.32 Å². The molecule has 1 aliphatic rings. The van der Waals surface area contributed by atoms with Gasteiger partial charge in [-0.05, 0) is 30.3 Å². The van der Waals surface area contributed by atoms with Crippen LogP contribution in [-0.2, 0) is 0 Å². The van der Waals surface area contributed by atoms with E-state index in [1.54, 1.807) is 0 Å². The third kappa shape index (κ3) is 1.85. The molecule has 0 aliphatic carbocycles. The minimum Gasteiger partial charge on any atom is -0.458 e. The SMILES string of the molecule is CC1CNC(c2cc3ccccc3o2)SC1. The maximum absolute atomic E-state index is 5.86. The molecule has 1 aliphatic heterocycles. The molecule has 0 spiro atoms. The fourth-order valence-corrected chi connectivity index (χ4v) is 3.13. The van der Waals surface area contributed by atoms with Gasteiger partial charge in [-0.15, -0.1) is 11.8 Å². The molecule has 3 heteroatoms. The van der Waals surface area contributed by atoms with Crippen LogP contribution in [0.15, 0.2) is 34.7 Å². The molecule has 1 aromatic carbocycles. The van der Waals surface area contributed by atoms with E-state index in [9.17, 15) is 0 Å². The Balaban J connectivity index is 1.88. The van der Waals surface area contributed by atoms with Gasteiger partial charge in [-0.1, -0.05) is 25.1 Å². The Morgan fingerprint density at radius 3 is 3.00 bits per heavy atom. The predicted molar refractivity (Wildman–Crippen MR) is 68.6 cm³/mol. The first kappa shape index (κ1) is 10.2. The molecule has 0 radical (unpaired) electrons. The zero-order chi connectivity index (χ0) is 11.0. The lowest BCUT2D eigenvalue weighted by atomic mass is 10.2. The van der Waals surface area contributed by atoms with Crippen LogP contribution in [-0.4, -0.2) is 12.3 Å². The molecular weight excluding hydrogens is 218 g/mol. The first-order valence-corrected chi connectivity index (χ1v) is 6.71. The minimum atomic E-state index is 0.323. The number of para-hydroxylation sites is 1. The molecule has 1 saturated heterocycles. The highest BCUT2D eigenvalue weighted by atomic mass is 32.2. The quantitative estimate of drug-likeness (QED) is 0.817. The van der Waals surface area contributed by atoms with Gasteiger partial charge in [-0.2, -0.15) is 0 Å². The second-order valence-corrected chi connectivity index (χ2v) is 5.55. The third-order valence-corrected chi connectivity index (χ3v) is 4.40. The zero-order valence-electron chi connectivity index (χ0n) is 9.27. The Labute approximate surface area is 99.4 Å². The summed E-state index contributed by atoms with van der Waals surface area (Å²) in [7, 11) is 0. The van der Waals surface area contributed by atoms with Crippen molar-refractivity contribution in [3.8, 4) is 0 Å². The number of fused-ring (bicyclic) bond motifs is 1. The summed E-state index contributed by atoms with van der Waals surface area (Å²) in [5.41, 5.74) is 0.985. The molecule has 0 saturated carbocycles. The molecule has 1 fully saturated rings. The Morgan fingerprint density at radius 1 is 1.38 bits per heavy atom. The largest absolute Gasteiger partial charge is 0.458 e. The summed E-state index contributed by atoms with van der Waals surface area (Å²) in [5, 5.41) is 5.03. The van der Waals surface area contributed by atoms with E-state index in [4.69, 9.17) is 4.42 Å². The molecular formula is C13H15NOS. The molecule has 2 aromatic rings. The number of thioether (sulfide) groups is 1. The van der Waals surface area contributed by atoms with Crippen LogP contribution in [0.4, 0.5) is 0 Å². The van der Waals surface area contributed by atoms with Gasteiger partial charge in [0.2, 0.25) is 0 Å². The van der Waals surface area contributed by atoms with Gasteiger partial charge >= 0.3 is 0 Å². The highest BCUT2D eigenvalue weighted by Crippen LogP contribution is 2.34. The van der Waals surface area contributed by atoms with Crippen molar-refractivity contribution in [3.05, 3.63) is 36.1 Å². The van der Waals surface area contributed by atoms with E-state index >= 15 is 0 Å². The summed E-state index contributed by atoms with van der Waals surface area (Å²) in [6, 6.07) is 10.3. The average Bonchev–Trinajstić information content (AvgIpc) is 2.73. The summed E-state index contributed by atoms with van der Waals surface area (Å²) in [6.07, 6.45) is 0. The molecule has 16 heavy (non-hydrogen) atoms. The van der Waals surface area contributed by atoms with Crippen LogP contribution in [0.5, 0.6) is 0 Å². The number of nitrogens with one attached hydrogen (secondary N) is 1. The summed E-state index contributed by atoms with van der Waals surface area (Å²) >= 11 is 1.93. The van der Waals surface area contributed by atoms with Gasteiger partial charge in [-0.3, -0.25) is 5.32 Å². The molecule has 2 unspecified atom stereocenters. The summed E-state index contributed by atoms with van der Waals surface area (Å²) in [4.78, 5) is 0. The van der Waals surface area contributed by atoms with E-state index in [0.717, 1.165) is 23.8 Å². The van der Waals surface area contributed by atoms with Crippen LogP contribution in [0.1, 0.15) is 18.1 Å². The van der Waals surface area contributed by atoms with Gasteiger partial charge in [-0.25, -0.2) is 0 Å². The predicted octanol–water partition coefficient (Wildman–Crippen LogP) is 3.40. The molecule has 3 rings (SSSR count). The lowest BCUT2D eigenvalue weighted by molar-refractivity contribution is 0.465. The maximum atomic E-state index is 5.86. The van der Waals surface area contributed by atoms with E-state index in [-0.39, 0.29) is 0 Å². The first-order chi connectivity index (χ1) is 7.83. The van der Waals surface area contributed by atoms with Gasteiger partial charge in [0.25, 0.3) is 0 Å². The molecule has 1 N–H and O–H groups in total. The number of hydrogen-bond donors (Lipinski definition) is 1. The van der Waals surface area contributed by atoms with E-state index in [2.05, 4.69) is 24.4 Å². The van der Waals surface area contributed by atoms with Crippen molar-refractivity contribution in [1.82, 2.24) is 5.32 Å². The van der Waals surface area contributed by atoms with Gasteiger partial charge < -0.3 is 4.42 Å². The van der Waals surface area contributed by atoms with Crippen LogP contribution >= 0.6 is 11.8 Å². The van der Waals surface area contributed by atoms with Crippen LogP contribution in [0, 0.1) is 5.92 Å².